The highest BCUT2D eigenvalue weighted by atomic mass is 35.5. The Labute approximate surface area is 187 Å². The standard InChI is InChI=1S/C21H21ClN2O6S/c1-5-30-19(25)11-24-14-9-16(28-3)17(29-4)10-18(14)31-21(24)23-20(26)13-8-12(22)6-7-15(13)27-2/h6-10H,5,11H2,1-4H3. The summed E-state index contributed by atoms with van der Waals surface area (Å²) >= 11 is 7.28. The highest BCUT2D eigenvalue weighted by Crippen LogP contribution is 2.33. The van der Waals surface area contributed by atoms with E-state index in [9.17, 15) is 9.59 Å². The molecule has 3 aromatic rings. The second-order valence-electron chi connectivity index (χ2n) is 6.21. The third-order valence-corrected chi connectivity index (χ3v) is 5.65. The molecular weight excluding hydrogens is 444 g/mol. The molecule has 0 atom stereocenters. The molecule has 0 aliphatic rings. The summed E-state index contributed by atoms with van der Waals surface area (Å²) in [5.41, 5.74) is 0.866. The van der Waals surface area contributed by atoms with Gasteiger partial charge >= 0.3 is 5.97 Å². The summed E-state index contributed by atoms with van der Waals surface area (Å²) in [6, 6.07) is 8.20. The van der Waals surface area contributed by atoms with E-state index >= 15 is 0 Å². The number of aromatic nitrogens is 1. The monoisotopic (exact) mass is 464 g/mol. The van der Waals surface area contributed by atoms with Gasteiger partial charge in [0.25, 0.3) is 5.91 Å². The number of amides is 1. The van der Waals surface area contributed by atoms with Gasteiger partial charge in [-0.1, -0.05) is 22.9 Å². The molecule has 0 bridgehead atoms. The predicted octanol–water partition coefficient (Wildman–Crippen LogP) is 3.69. The van der Waals surface area contributed by atoms with Crippen LogP contribution in [-0.4, -0.2) is 44.4 Å². The van der Waals surface area contributed by atoms with Crippen molar-refractivity contribution in [1.82, 2.24) is 4.57 Å². The summed E-state index contributed by atoms with van der Waals surface area (Å²) in [6.45, 7) is 1.84. The van der Waals surface area contributed by atoms with Crippen molar-refractivity contribution in [2.24, 2.45) is 4.99 Å². The number of ether oxygens (including phenoxy) is 4. The van der Waals surface area contributed by atoms with Crippen LogP contribution in [-0.2, 0) is 16.1 Å². The minimum absolute atomic E-state index is 0.123. The molecule has 0 N–H and O–H groups in total. The summed E-state index contributed by atoms with van der Waals surface area (Å²) in [6.07, 6.45) is 0. The summed E-state index contributed by atoms with van der Waals surface area (Å²) in [7, 11) is 4.51. The molecular formula is C21H21ClN2O6S. The van der Waals surface area contributed by atoms with Crippen molar-refractivity contribution < 1.29 is 28.5 Å². The van der Waals surface area contributed by atoms with Crippen LogP contribution in [0.4, 0.5) is 0 Å². The Balaban J connectivity index is 2.21. The molecule has 164 valence electrons. The number of hydrogen-bond acceptors (Lipinski definition) is 7. The van der Waals surface area contributed by atoms with Crippen LogP contribution >= 0.6 is 22.9 Å². The van der Waals surface area contributed by atoms with Gasteiger partial charge in [-0.15, -0.1) is 0 Å². The van der Waals surface area contributed by atoms with E-state index in [1.807, 2.05) is 0 Å². The largest absolute Gasteiger partial charge is 0.496 e. The Kier molecular flexibility index (Phi) is 7.19. The average Bonchev–Trinajstić information content (AvgIpc) is 3.08. The van der Waals surface area contributed by atoms with Crippen molar-refractivity contribution in [2.75, 3.05) is 27.9 Å². The highest BCUT2D eigenvalue weighted by molar-refractivity contribution is 7.16. The molecule has 2 aromatic carbocycles. The van der Waals surface area contributed by atoms with Crippen molar-refractivity contribution in [3.05, 3.63) is 45.7 Å². The molecule has 0 unspecified atom stereocenters. The number of thiazole rings is 1. The lowest BCUT2D eigenvalue weighted by Crippen LogP contribution is -2.23. The molecule has 10 heteroatoms. The van der Waals surface area contributed by atoms with Crippen LogP contribution in [0.15, 0.2) is 35.3 Å². The van der Waals surface area contributed by atoms with Gasteiger partial charge < -0.3 is 23.5 Å². The minimum atomic E-state index is -0.553. The van der Waals surface area contributed by atoms with E-state index in [0.717, 1.165) is 4.70 Å². The predicted molar refractivity (Wildman–Crippen MR) is 117 cm³/mol. The highest BCUT2D eigenvalue weighted by Gasteiger charge is 2.18. The van der Waals surface area contributed by atoms with Gasteiger partial charge in [-0.2, -0.15) is 4.99 Å². The van der Waals surface area contributed by atoms with E-state index in [4.69, 9.17) is 30.5 Å². The SMILES string of the molecule is CCOC(=O)Cn1c(=NC(=O)c2cc(Cl)ccc2OC)sc2cc(OC)c(OC)cc21. The summed E-state index contributed by atoms with van der Waals surface area (Å²) in [5.74, 6) is 0.349. The number of fused-ring (bicyclic) bond motifs is 1. The van der Waals surface area contributed by atoms with Gasteiger partial charge in [-0.3, -0.25) is 9.59 Å². The summed E-state index contributed by atoms with van der Waals surface area (Å²) in [5, 5.41) is 0.379. The van der Waals surface area contributed by atoms with Crippen molar-refractivity contribution in [1.29, 1.82) is 0 Å². The molecule has 0 spiro atoms. The molecule has 8 nitrogen and oxygen atoms in total. The zero-order valence-electron chi connectivity index (χ0n) is 17.4. The Morgan fingerprint density at radius 3 is 2.35 bits per heavy atom. The second-order valence-corrected chi connectivity index (χ2v) is 7.66. The van der Waals surface area contributed by atoms with Gasteiger partial charge in [0, 0.05) is 17.2 Å². The van der Waals surface area contributed by atoms with Crippen molar-refractivity contribution in [2.45, 2.75) is 13.5 Å². The number of carbonyl (C=O) groups excluding carboxylic acids is 2. The maximum atomic E-state index is 13.0. The number of esters is 1. The van der Waals surface area contributed by atoms with E-state index in [1.54, 1.807) is 35.8 Å². The van der Waals surface area contributed by atoms with E-state index in [1.165, 1.54) is 38.7 Å². The van der Waals surface area contributed by atoms with Crippen LogP contribution in [0.25, 0.3) is 10.2 Å². The van der Waals surface area contributed by atoms with Crippen LogP contribution in [0.1, 0.15) is 17.3 Å². The molecule has 3 rings (SSSR count). The van der Waals surface area contributed by atoms with E-state index in [2.05, 4.69) is 4.99 Å². The van der Waals surface area contributed by atoms with Crippen LogP contribution in [0.5, 0.6) is 17.2 Å². The molecule has 0 saturated heterocycles. The normalized spacial score (nSPS) is 11.5. The fourth-order valence-corrected chi connectivity index (χ4v) is 4.18. The van der Waals surface area contributed by atoms with Crippen LogP contribution in [0.3, 0.4) is 0 Å². The van der Waals surface area contributed by atoms with Gasteiger partial charge in [0.2, 0.25) is 0 Å². The molecule has 1 aromatic heterocycles. The molecule has 1 heterocycles. The summed E-state index contributed by atoms with van der Waals surface area (Å²) in [4.78, 5) is 29.7. The first-order valence-electron chi connectivity index (χ1n) is 9.25. The van der Waals surface area contributed by atoms with Crippen molar-refractivity contribution >= 4 is 45.0 Å². The van der Waals surface area contributed by atoms with Crippen molar-refractivity contribution in [3.63, 3.8) is 0 Å². The van der Waals surface area contributed by atoms with E-state index < -0.39 is 11.9 Å². The lowest BCUT2D eigenvalue weighted by Gasteiger charge is -2.09. The van der Waals surface area contributed by atoms with Gasteiger partial charge in [0.05, 0.1) is 43.7 Å². The first-order valence-corrected chi connectivity index (χ1v) is 10.4. The maximum Gasteiger partial charge on any atom is 0.326 e. The van der Waals surface area contributed by atoms with Crippen molar-refractivity contribution in [3.8, 4) is 17.2 Å². The number of rotatable bonds is 7. The third-order valence-electron chi connectivity index (χ3n) is 4.37. The molecule has 0 radical (unpaired) electrons. The molecule has 0 saturated carbocycles. The lowest BCUT2D eigenvalue weighted by atomic mass is 10.2. The number of hydrogen-bond donors (Lipinski definition) is 0. The fraction of sp³-hybridized carbons (Fsp3) is 0.286. The number of halogens is 1. The molecule has 0 fully saturated rings. The zero-order chi connectivity index (χ0) is 22.5. The number of nitrogens with zero attached hydrogens (tertiary/aromatic N) is 2. The first-order chi connectivity index (χ1) is 14.9. The average molecular weight is 465 g/mol. The Morgan fingerprint density at radius 1 is 1.03 bits per heavy atom. The zero-order valence-corrected chi connectivity index (χ0v) is 19.0. The molecule has 31 heavy (non-hydrogen) atoms. The summed E-state index contributed by atoms with van der Waals surface area (Å²) < 4.78 is 23.4. The van der Waals surface area contributed by atoms with Gasteiger partial charge in [0.15, 0.2) is 16.3 Å². The van der Waals surface area contributed by atoms with E-state index in [0.29, 0.717) is 32.6 Å². The molecule has 0 aliphatic carbocycles. The second kappa shape index (κ2) is 9.84. The Morgan fingerprint density at radius 2 is 1.71 bits per heavy atom. The quantitative estimate of drug-likeness (QED) is 0.495. The van der Waals surface area contributed by atoms with Gasteiger partial charge in [-0.25, -0.2) is 0 Å². The topological polar surface area (TPSA) is 88.4 Å². The van der Waals surface area contributed by atoms with Gasteiger partial charge in [-0.05, 0) is 25.1 Å². The van der Waals surface area contributed by atoms with Crippen LogP contribution in [0, 0.1) is 0 Å². The van der Waals surface area contributed by atoms with Crippen LogP contribution < -0.4 is 19.0 Å². The number of methoxy groups -OCH3 is 3. The number of benzene rings is 2. The van der Waals surface area contributed by atoms with E-state index in [-0.39, 0.29) is 18.7 Å². The maximum absolute atomic E-state index is 13.0. The molecule has 1 amide bonds. The third kappa shape index (κ3) is 4.83. The fourth-order valence-electron chi connectivity index (χ4n) is 2.96. The first kappa shape index (κ1) is 22.6. The minimum Gasteiger partial charge on any atom is -0.496 e. The lowest BCUT2D eigenvalue weighted by molar-refractivity contribution is -0.143. The smallest absolute Gasteiger partial charge is 0.326 e. The van der Waals surface area contributed by atoms with Crippen LogP contribution in [0.2, 0.25) is 5.02 Å². The Bertz CT molecular complexity index is 1200. The van der Waals surface area contributed by atoms with Gasteiger partial charge in [0.1, 0.15) is 12.3 Å². The number of carbonyl (C=O) groups is 2. The molecule has 0 aliphatic heterocycles. The Hall–Kier alpha value is -3.04.